The second kappa shape index (κ2) is 5.22. The first-order valence-electron chi connectivity index (χ1n) is 5.52. The maximum atomic E-state index is 12.5. The lowest BCUT2D eigenvalue weighted by molar-refractivity contribution is -0.137. The minimum absolute atomic E-state index is 0.457. The van der Waals surface area contributed by atoms with Gasteiger partial charge >= 0.3 is 6.18 Å². The van der Waals surface area contributed by atoms with Crippen LogP contribution >= 0.6 is 11.6 Å². The molecule has 0 fully saturated rings. The van der Waals surface area contributed by atoms with Gasteiger partial charge < -0.3 is 5.73 Å². The highest BCUT2D eigenvalue weighted by atomic mass is 35.5. The van der Waals surface area contributed by atoms with Crippen LogP contribution < -0.4 is 5.73 Å². The molecule has 1 heterocycles. The third-order valence-electron chi connectivity index (χ3n) is 2.62. The lowest BCUT2D eigenvalue weighted by atomic mass is 10.1. The van der Waals surface area contributed by atoms with Crippen molar-refractivity contribution < 1.29 is 13.2 Å². The van der Waals surface area contributed by atoms with Crippen molar-refractivity contribution in [2.24, 2.45) is 5.73 Å². The predicted octanol–water partition coefficient (Wildman–Crippen LogP) is 3.05. The first kappa shape index (κ1) is 13.9. The van der Waals surface area contributed by atoms with Gasteiger partial charge in [0.05, 0.1) is 17.4 Å². The first-order valence-corrected chi connectivity index (χ1v) is 5.90. The number of hydrogen-bond acceptors (Lipinski definition) is 2. The minimum atomic E-state index is -4.40. The Balaban J connectivity index is 2.32. The molecule has 0 atom stereocenters. The van der Waals surface area contributed by atoms with Gasteiger partial charge in [-0.1, -0.05) is 17.7 Å². The minimum Gasteiger partial charge on any atom is -0.330 e. The average Bonchev–Trinajstić information content (AvgIpc) is 2.81. The summed E-state index contributed by atoms with van der Waals surface area (Å²) in [6, 6.07) is 4.96. The molecule has 0 bridgehead atoms. The van der Waals surface area contributed by atoms with E-state index in [0.717, 1.165) is 22.6 Å². The van der Waals surface area contributed by atoms with Crippen molar-refractivity contribution in [3.63, 3.8) is 0 Å². The molecular weight excluding hydrogens is 279 g/mol. The van der Waals surface area contributed by atoms with Crippen molar-refractivity contribution in [1.29, 1.82) is 0 Å². The molecule has 1 aromatic heterocycles. The Bertz CT molecular complexity index is 578. The van der Waals surface area contributed by atoms with Crippen molar-refractivity contribution in [1.82, 2.24) is 9.78 Å². The molecule has 3 nitrogen and oxygen atoms in total. The van der Waals surface area contributed by atoms with Crippen molar-refractivity contribution in [3.05, 3.63) is 46.7 Å². The first-order chi connectivity index (χ1) is 8.91. The lowest BCUT2D eigenvalue weighted by Gasteiger charge is -2.06. The molecular formula is C12H11ClF3N3. The Hall–Kier alpha value is -1.53. The van der Waals surface area contributed by atoms with Gasteiger partial charge in [-0.15, -0.1) is 0 Å². The van der Waals surface area contributed by atoms with Gasteiger partial charge in [0.25, 0.3) is 0 Å². The molecule has 19 heavy (non-hydrogen) atoms. The van der Waals surface area contributed by atoms with E-state index in [1.165, 1.54) is 0 Å². The summed E-state index contributed by atoms with van der Waals surface area (Å²) in [5.74, 6) is 0. The summed E-state index contributed by atoms with van der Waals surface area (Å²) in [6.45, 7) is 0.457. The Labute approximate surface area is 112 Å². The Morgan fingerprint density at radius 2 is 2.05 bits per heavy atom. The van der Waals surface area contributed by atoms with Crippen molar-refractivity contribution >= 4 is 11.6 Å². The molecule has 0 amide bonds. The van der Waals surface area contributed by atoms with Crippen molar-refractivity contribution in [3.8, 4) is 5.69 Å². The van der Waals surface area contributed by atoms with E-state index in [2.05, 4.69) is 5.10 Å². The molecule has 1 aromatic carbocycles. The monoisotopic (exact) mass is 289 g/mol. The van der Waals surface area contributed by atoms with Crippen LogP contribution in [0.15, 0.2) is 30.6 Å². The number of halogens is 4. The average molecular weight is 290 g/mol. The molecule has 0 unspecified atom stereocenters. The zero-order chi connectivity index (χ0) is 14.0. The molecule has 0 saturated carbocycles. The van der Waals surface area contributed by atoms with Gasteiger partial charge in [-0.05, 0) is 30.7 Å². The fourth-order valence-corrected chi connectivity index (χ4v) is 1.92. The smallest absolute Gasteiger partial charge is 0.330 e. The molecule has 0 aliphatic rings. The van der Waals surface area contributed by atoms with Crippen LogP contribution in [0.1, 0.15) is 11.1 Å². The van der Waals surface area contributed by atoms with Gasteiger partial charge in [0.2, 0.25) is 0 Å². The normalized spacial score (nSPS) is 11.8. The Morgan fingerprint density at radius 3 is 2.58 bits per heavy atom. The molecule has 0 aliphatic heterocycles. The number of alkyl halides is 3. The van der Waals surface area contributed by atoms with Crippen LogP contribution in [0.4, 0.5) is 13.2 Å². The molecule has 0 spiro atoms. The number of nitrogens with two attached hydrogens (primary N) is 1. The van der Waals surface area contributed by atoms with Crippen LogP contribution in [-0.4, -0.2) is 16.3 Å². The highest BCUT2D eigenvalue weighted by molar-refractivity contribution is 6.31. The molecule has 0 saturated heterocycles. The summed E-state index contributed by atoms with van der Waals surface area (Å²) < 4.78 is 38.5. The van der Waals surface area contributed by atoms with Crippen molar-refractivity contribution in [2.75, 3.05) is 6.54 Å². The largest absolute Gasteiger partial charge is 0.419 e. The van der Waals surface area contributed by atoms with Crippen LogP contribution in [0.5, 0.6) is 0 Å². The highest BCUT2D eigenvalue weighted by Crippen LogP contribution is 2.29. The van der Waals surface area contributed by atoms with E-state index in [1.807, 2.05) is 0 Å². The number of aromatic nitrogens is 2. The van der Waals surface area contributed by atoms with Crippen LogP contribution in [-0.2, 0) is 12.6 Å². The summed E-state index contributed by atoms with van der Waals surface area (Å²) in [5.41, 5.74) is 5.96. The van der Waals surface area contributed by atoms with Crippen molar-refractivity contribution in [2.45, 2.75) is 12.6 Å². The summed E-state index contributed by atoms with van der Waals surface area (Å²) in [7, 11) is 0. The van der Waals surface area contributed by atoms with Gasteiger partial charge in [-0.2, -0.15) is 18.3 Å². The van der Waals surface area contributed by atoms with E-state index in [1.54, 1.807) is 18.2 Å². The summed E-state index contributed by atoms with van der Waals surface area (Å²) in [5, 5.41) is 4.15. The van der Waals surface area contributed by atoms with E-state index in [4.69, 9.17) is 17.3 Å². The van der Waals surface area contributed by atoms with Gasteiger partial charge in [-0.3, -0.25) is 0 Å². The fourth-order valence-electron chi connectivity index (χ4n) is 1.65. The van der Waals surface area contributed by atoms with Gasteiger partial charge in [0.1, 0.15) is 0 Å². The SMILES string of the molecule is NCCc1ccc(-n2cc(C(F)(F)F)cn2)cc1Cl. The lowest BCUT2D eigenvalue weighted by Crippen LogP contribution is -2.04. The molecule has 0 aliphatic carbocycles. The fraction of sp³-hybridized carbons (Fsp3) is 0.250. The third-order valence-corrected chi connectivity index (χ3v) is 2.98. The molecule has 0 radical (unpaired) electrons. The maximum Gasteiger partial charge on any atom is 0.419 e. The summed E-state index contributed by atoms with van der Waals surface area (Å²) in [6.07, 6.45) is -2.08. The van der Waals surface area contributed by atoms with E-state index in [0.29, 0.717) is 23.7 Å². The van der Waals surface area contributed by atoms with Crippen LogP contribution in [0, 0.1) is 0 Å². The second-order valence-electron chi connectivity index (χ2n) is 3.99. The van der Waals surface area contributed by atoms with Crippen LogP contribution in [0.25, 0.3) is 5.69 Å². The molecule has 2 rings (SSSR count). The van der Waals surface area contributed by atoms with Crippen LogP contribution in [0.2, 0.25) is 5.02 Å². The van der Waals surface area contributed by atoms with E-state index < -0.39 is 11.7 Å². The van der Waals surface area contributed by atoms with E-state index >= 15 is 0 Å². The standard InChI is InChI=1S/C12H11ClF3N3/c13-11-5-10(2-1-8(11)3-4-17)19-7-9(6-18-19)12(14,15)16/h1-2,5-7H,3-4,17H2. The second-order valence-corrected chi connectivity index (χ2v) is 4.39. The topological polar surface area (TPSA) is 43.8 Å². The highest BCUT2D eigenvalue weighted by Gasteiger charge is 2.32. The number of benzene rings is 1. The quantitative estimate of drug-likeness (QED) is 0.944. The number of rotatable bonds is 3. The zero-order valence-electron chi connectivity index (χ0n) is 9.78. The molecule has 102 valence electrons. The molecule has 2 aromatic rings. The number of hydrogen-bond donors (Lipinski definition) is 1. The number of nitrogens with zero attached hydrogens (tertiary/aromatic N) is 2. The predicted molar refractivity (Wildman–Crippen MR) is 66.3 cm³/mol. The Kier molecular flexibility index (Phi) is 3.82. The summed E-state index contributed by atoms with van der Waals surface area (Å²) in [4.78, 5) is 0. The van der Waals surface area contributed by atoms with E-state index in [9.17, 15) is 13.2 Å². The third kappa shape index (κ3) is 3.08. The van der Waals surface area contributed by atoms with Crippen LogP contribution in [0.3, 0.4) is 0 Å². The maximum absolute atomic E-state index is 12.5. The molecule has 2 N–H and O–H groups in total. The van der Waals surface area contributed by atoms with Gasteiger partial charge in [0.15, 0.2) is 0 Å². The summed E-state index contributed by atoms with van der Waals surface area (Å²) >= 11 is 6.04. The van der Waals surface area contributed by atoms with Gasteiger partial charge in [0, 0.05) is 11.2 Å². The zero-order valence-corrected chi connectivity index (χ0v) is 10.5. The molecule has 7 heteroatoms. The Morgan fingerprint density at radius 1 is 1.32 bits per heavy atom. The van der Waals surface area contributed by atoms with Gasteiger partial charge in [-0.25, -0.2) is 4.68 Å². The van der Waals surface area contributed by atoms with E-state index in [-0.39, 0.29) is 0 Å².